The minimum Gasteiger partial charge on any atom is -0.493 e. The van der Waals surface area contributed by atoms with Gasteiger partial charge in [0.2, 0.25) is 0 Å². The molecule has 0 fully saturated rings. The van der Waals surface area contributed by atoms with Crippen molar-refractivity contribution in [2.45, 2.75) is 45.7 Å². The van der Waals surface area contributed by atoms with Gasteiger partial charge in [-0.15, -0.1) is 0 Å². The smallest absolute Gasteiger partial charge is 0.131 e. The lowest BCUT2D eigenvalue weighted by molar-refractivity contribution is 0.312. The Bertz CT molecular complexity index is 403. The number of nitrogens with one attached hydrogen (secondary N) is 1. The van der Waals surface area contributed by atoms with Gasteiger partial charge in [-0.25, -0.2) is 4.39 Å². The first kappa shape index (κ1) is 12.4. The molecule has 0 radical (unpaired) electrons. The maximum absolute atomic E-state index is 14.0. The highest BCUT2D eigenvalue weighted by molar-refractivity contribution is 5.44. The van der Waals surface area contributed by atoms with Crippen LogP contribution in [0.3, 0.4) is 0 Å². The number of benzene rings is 1. The topological polar surface area (TPSA) is 21.3 Å². The molecule has 94 valence electrons. The second kappa shape index (κ2) is 5.05. The van der Waals surface area contributed by atoms with Gasteiger partial charge in [0.15, 0.2) is 0 Å². The van der Waals surface area contributed by atoms with Crippen LogP contribution in [-0.4, -0.2) is 12.6 Å². The monoisotopic (exact) mass is 237 g/mol. The fraction of sp³-hybridized carbons (Fsp3) is 0.571. The first-order chi connectivity index (χ1) is 8.09. The molecule has 0 aromatic heterocycles. The highest BCUT2D eigenvalue weighted by atomic mass is 19.1. The average Bonchev–Trinajstić information content (AvgIpc) is 2.46. The van der Waals surface area contributed by atoms with Crippen molar-refractivity contribution < 1.29 is 9.13 Å². The summed E-state index contributed by atoms with van der Waals surface area (Å²) in [4.78, 5) is 0. The fourth-order valence-electron chi connectivity index (χ4n) is 2.38. The van der Waals surface area contributed by atoms with Crippen LogP contribution in [0.5, 0.6) is 5.75 Å². The molecule has 0 amide bonds. The van der Waals surface area contributed by atoms with Gasteiger partial charge in [-0.05, 0) is 31.4 Å². The molecule has 0 saturated carbocycles. The molecule has 1 aliphatic heterocycles. The molecule has 2 nitrogen and oxygen atoms in total. The zero-order chi connectivity index (χ0) is 12.4. The van der Waals surface area contributed by atoms with E-state index in [4.69, 9.17) is 4.74 Å². The second-order valence-corrected chi connectivity index (χ2v) is 4.97. The van der Waals surface area contributed by atoms with Crippen LogP contribution in [0.15, 0.2) is 12.1 Å². The third kappa shape index (κ3) is 2.60. The van der Waals surface area contributed by atoms with Crippen molar-refractivity contribution in [3.05, 3.63) is 29.1 Å². The molecule has 1 heterocycles. The summed E-state index contributed by atoms with van der Waals surface area (Å²) in [5, 5.41) is 3.43. The van der Waals surface area contributed by atoms with Crippen LogP contribution in [0, 0.1) is 12.7 Å². The normalized spacial score (nSPS) is 19.7. The second-order valence-electron chi connectivity index (χ2n) is 4.97. The summed E-state index contributed by atoms with van der Waals surface area (Å²) in [5.41, 5.74) is 1.72. The van der Waals surface area contributed by atoms with E-state index in [0.29, 0.717) is 18.2 Å². The van der Waals surface area contributed by atoms with Crippen molar-refractivity contribution >= 4 is 0 Å². The summed E-state index contributed by atoms with van der Waals surface area (Å²) >= 11 is 0. The molecule has 0 saturated heterocycles. The molecule has 1 unspecified atom stereocenters. The maximum Gasteiger partial charge on any atom is 0.131 e. The van der Waals surface area contributed by atoms with Crippen molar-refractivity contribution in [3.63, 3.8) is 0 Å². The summed E-state index contributed by atoms with van der Waals surface area (Å²) < 4.78 is 19.7. The molecule has 1 aliphatic rings. The molecule has 17 heavy (non-hydrogen) atoms. The number of aryl methyl sites for hydroxylation is 1. The summed E-state index contributed by atoms with van der Waals surface area (Å²) in [6, 6.07) is 3.72. The van der Waals surface area contributed by atoms with Crippen LogP contribution in [0.2, 0.25) is 0 Å². The minimum absolute atomic E-state index is 0.0624. The van der Waals surface area contributed by atoms with Crippen LogP contribution >= 0.6 is 0 Å². The molecule has 1 aromatic rings. The maximum atomic E-state index is 14.0. The fourth-order valence-corrected chi connectivity index (χ4v) is 2.38. The number of rotatable bonds is 2. The summed E-state index contributed by atoms with van der Waals surface area (Å²) in [7, 11) is 0. The molecule has 0 aliphatic carbocycles. The van der Waals surface area contributed by atoms with Gasteiger partial charge in [-0.2, -0.15) is 0 Å². The Morgan fingerprint density at radius 3 is 2.88 bits per heavy atom. The van der Waals surface area contributed by atoms with Crippen LogP contribution in [0.25, 0.3) is 0 Å². The zero-order valence-corrected chi connectivity index (χ0v) is 10.7. The molecule has 0 spiro atoms. The highest BCUT2D eigenvalue weighted by Gasteiger charge is 2.25. The lowest BCUT2D eigenvalue weighted by Gasteiger charge is -2.22. The third-order valence-electron chi connectivity index (χ3n) is 3.11. The van der Waals surface area contributed by atoms with Crippen molar-refractivity contribution in [2.24, 2.45) is 0 Å². The number of fused-ring (bicyclic) bond motifs is 1. The van der Waals surface area contributed by atoms with Gasteiger partial charge in [-0.3, -0.25) is 0 Å². The lowest BCUT2D eigenvalue weighted by Crippen LogP contribution is -2.28. The number of ether oxygens (including phenoxy) is 1. The van der Waals surface area contributed by atoms with E-state index in [-0.39, 0.29) is 11.9 Å². The molecular formula is C14H20FNO. The Morgan fingerprint density at radius 2 is 2.18 bits per heavy atom. The number of hydrogen-bond donors (Lipinski definition) is 1. The average molecular weight is 237 g/mol. The van der Waals surface area contributed by atoms with Gasteiger partial charge in [0.1, 0.15) is 11.6 Å². The Balaban J connectivity index is 2.43. The van der Waals surface area contributed by atoms with Crippen LogP contribution in [0.1, 0.15) is 43.9 Å². The van der Waals surface area contributed by atoms with Gasteiger partial charge in [0, 0.05) is 17.6 Å². The van der Waals surface area contributed by atoms with Gasteiger partial charge in [0.25, 0.3) is 0 Å². The first-order valence-corrected chi connectivity index (χ1v) is 6.27. The molecule has 1 atom stereocenters. The zero-order valence-electron chi connectivity index (χ0n) is 10.7. The summed E-state index contributed by atoms with van der Waals surface area (Å²) in [6.45, 7) is 6.81. The van der Waals surface area contributed by atoms with Crippen molar-refractivity contribution in [1.82, 2.24) is 5.32 Å². The molecule has 3 heteroatoms. The minimum atomic E-state index is -0.161. The molecule has 1 N–H and O–H groups in total. The van der Waals surface area contributed by atoms with Gasteiger partial charge in [0.05, 0.1) is 6.61 Å². The van der Waals surface area contributed by atoms with Crippen molar-refractivity contribution in [3.8, 4) is 5.75 Å². The Kier molecular flexibility index (Phi) is 3.67. The van der Waals surface area contributed by atoms with E-state index in [1.54, 1.807) is 6.07 Å². The molecule has 2 rings (SSSR count). The summed E-state index contributed by atoms with van der Waals surface area (Å²) in [6.07, 6.45) is 1.88. The molecular weight excluding hydrogens is 217 g/mol. The first-order valence-electron chi connectivity index (χ1n) is 6.27. The predicted molar refractivity (Wildman–Crippen MR) is 66.9 cm³/mol. The molecule has 0 bridgehead atoms. The van der Waals surface area contributed by atoms with Gasteiger partial charge >= 0.3 is 0 Å². The van der Waals surface area contributed by atoms with E-state index in [0.717, 1.165) is 24.2 Å². The van der Waals surface area contributed by atoms with Crippen molar-refractivity contribution in [2.75, 3.05) is 6.61 Å². The van der Waals surface area contributed by atoms with Crippen LogP contribution in [-0.2, 0) is 0 Å². The summed E-state index contributed by atoms with van der Waals surface area (Å²) in [5.74, 6) is 0.575. The van der Waals surface area contributed by atoms with Crippen LogP contribution in [0.4, 0.5) is 4.39 Å². The van der Waals surface area contributed by atoms with E-state index in [9.17, 15) is 4.39 Å². The van der Waals surface area contributed by atoms with E-state index in [1.807, 2.05) is 6.92 Å². The SMILES string of the molecule is Cc1ccc(F)c2c1OCCCC2NC(C)C. The third-order valence-corrected chi connectivity index (χ3v) is 3.11. The van der Waals surface area contributed by atoms with Gasteiger partial charge < -0.3 is 10.1 Å². The predicted octanol–water partition coefficient (Wildman–Crippen LogP) is 3.35. The van der Waals surface area contributed by atoms with Crippen LogP contribution < -0.4 is 10.1 Å². The quantitative estimate of drug-likeness (QED) is 0.851. The Hall–Kier alpha value is -1.09. The van der Waals surface area contributed by atoms with E-state index < -0.39 is 0 Å². The van der Waals surface area contributed by atoms with Crippen molar-refractivity contribution in [1.29, 1.82) is 0 Å². The Labute approximate surface area is 102 Å². The number of hydrogen-bond acceptors (Lipinski definition) is 2. The van der Waals surface area contributed by atoms with Gasteiger partial charge in [-0.1, -0.05) is 19.9 Å². The number of halogens is 1. The Morgan fingerprint density at radius 1 is 1.41 bits per heavy atom. The van der Waals surface area contributed by atoms with E-state index >= 15 is 0 Å². The highest BCUT2D eigenvalue weighted by Crippen LogP contribution is 2.36. The van der Waals surface area contributed by atoms with E-state index in [2.05, 4.69) is 19.2 Å². The van der Waals surface area contributed by atoms with E-state index in [1.165, 1.54) is 6.07 Å². The largest absolute Gasteiger partial charge is 0.493 e. The lowest BCUT2D eigenvalue weighted by atomic mass is 9.98. The molecule has 1 aromatic carbocycles. The standard InChI is InChI=1S/C14H20FNO/c1-9(2)16-12-5-4-8-17-14-10(3)6-7-11(15)13(12)14/h6-7,9,12,16H,4-5,8H2,1-3H3.